The predicted octanol–water partition coefficient (Wildman–Crippen LogP) is 11.0. The number of aromatic nitrogens is 1. The molecule has 0 aliphatic heterocycles. The first-order valence-electron chi connectivity index (χ1n) is 16.1. The Morgan fingerprint density at radius 3 is 2.20 bits per heavy atom. The summed E-state index contributed by atoms with van der Waals surface area (Å²) in [6.07, 6.45) is 6.92. The number of nitrogens with zero attached hydrogens (tertiary/aromatic N) is 1. The third-order valence-electron chi connectivity index (χ3n) is 9.45. The van der Waals surface area contributed by atoms with Crippen LogP contribution >= 0.6 is 0 Å². The molecule has 0 saturated carbocycles. The Bertz CT molecular complexity index is 1810. The van der Waals surface area contributed by atoms with Crippen molar-refractivity contribution < 1.29 is 30.0 Å². The number of aliphatic hydroxyl groups excluding tert-OH is 1. The summed E-state index contributed by atoms with van der Waals surface area (Å²) in [4.78, 5) is 16.7. The van der Waals surface area contributed by atoms with Crippen LogP contribution in [0.2, 0.25) is 0 Å². The van der Waals surface area contributed by atoms with Gasteiger partial charge in [-0.05, 0) is 64.9 Å². The van der Waals surface area contributed by atoms with E-state index in [9.17, 15) is 9.90 Å². The van der Waals surface area contributed by atoms with Gasteiger partial charge in [-0.15, -0.1) is 29.1 Å². The van der Waals surface area contributed by atoms with E-state index in [4.69, 9.17) is 4.98 Å². The van der Waals surface area contributed by atoms with Gasteiger partial charge in [-0.25, -0.2) is 0 Å². The van der Waals surface area contributed by atoms with E-state index in [1.807, 2.05) is 40.0 Å². The van der Waals surface area contributed by atoms with E-state index in [2.05, 4.69) is 92.7 Å². The van der Waals surface area contributed by atoms with Crippen molar-refractivity contribution in [1.82, 2.24) is 4.98 Å². The van der Waals surface area contributed by atoms with Crippen molar-refractivity contribution >= 4 is 27.3 Å². The number of hydrogen-bond donors (Lipinski definition) is 1. The number of fused-ring (bicyclic) bond motifs is 4. The molecule has 0 bridgehead atoms. The van der Waals surface area contributed by atoms with Crippen molar-refractivity contribution in [2.75, 3.05) is 0 Å². The van der Waals surface area contributed by atoms with E-state index < -0.39 is 0 Å². The van der Waals surface area contributed by atoms with Gasteiger partial charge in [-0.2, -0.15) is 0 Å². The SMILES string of the molecule is CC1(C)c2c(ncc3ccc(-c4ccccc4)cc23)-c2[c-]ccc3cccc1c23.CCC(CC)C(=O)/C=C(\O)C(CC)CC.[Ir]. The largest absolute Gasteiger partial charge is 0.512 e. The first-order chi connectivity index (χ1) is 21.2. The molecule has 4 heteroatoms. The molecule has 0 saturated heterocycles. The van der Waals surface area contributed by atoms with Crippen LogP contribution in [0.15, 0.2) is 96.9 Å². The zero-order valence-electron chi connectivity index (χ0n) is 27.3. The Hall–Kier alpha value is -3.59. The van der Waals surface area contributed by atoms with Crippen LogP contribution < -0.4 is 0 Å². The fraction of sp³-hybridized carbons (Fsp3) is 0.317. The molecule has 0 atom stereocenters. The zero-order valence-corrected chi connectivity index (χ0v) is 29.7. The molecule has 0 unspecified atom stereocenters. The van der Waals surface area contributed by atoms with Gasteiger partial charge in [0.15, 0.2) is 5.78 Å². The van der Waals surface area contributed by atoms with Gasteiger partial charge < -0.3 is 10.1 Å². The summed E-state index contributed by atoms with van der Waals surface area (Å²) in [6.45, 7) is 12.7. The number of hydrogen-bond acceptors (Lipinski definition) is 3. The molecule has 0 fully saturated rings. The van der Waals surface area contributed by atoms with Crippen LogP contribution in [0.3, 0.4) is 0 Å². The van der Waals surface area contributed by atoms with Crippen LogP contribution in [0.4, 0.5) is 0 Å². The van der Waals surface area contributed by atoms with E-state index in [1.165, 1.54) is 49.9 Å². The summed E-state index contributed by atoms with van der Waals surface area (Å²) in [7, 11) is 0. The molecular formula is C41H44IrNO2-. The second-order valence-corrected chi connectivity index (χ2v) is 12.4. The summed E-state index contributed by atoms with van der Waals surface area (Å²) in [5.41, 5.74) is 7.19. The van der Waals surface area contributed by atoms with Crippen molar-refractivity contribution in [2.24, 2.45) is 11.8 Å². The summed E-state index contributed by atoms with van der Waals surface area (Å²) in [5, 5.41) is 14.8. The molecule has 0 amide bonds. The maximum Gasteiger partial charge on any atom is 0.162 e. The molecule has 1 radical (unpaired) electrons. The van der Waals surface area contributed by atoms with Gasteiger partial charge in [0.1, 0.15) is 0 Å². The quantitative estimate of drug-likeness (QED) is 0.0970. The number of allylic oxidation sites excluding steroid dienone is 2. The standard InChI is InChI=1S/C28H20N.C13H24O2.Ir/c1-28(2)24-13-7-11-19-10-6-12-22(25(19)24)27-26(28)23-16-20(14-15-21(23)17-29-27)18-8-4-3-5-9-18;1-5-10(6-2)12(14)9-13(15)11(7-3)8-4;/h3-11,13-17H,1-2H3;9-11,14H,5-8H2,1-4H3;/q-1;;/b;12-9-;. The number of benzene rings is 4. The molecule has 1 aromatic heterocycles. The molecule has 1 N–H and O–H groups in total. The minimum absolute atomic E-state index is 0. The molecule has 0 spiro atoms. The third kappa shape index (κ3) is 6.69. The summed E-state index contributed by atoms with van der Waals surface area (Å²) >= 11 is 0. The number of ketones is 1. The molecule has 5 aromatic rings. The minimum Gasteiger partial charge on any atom is -0.512 e. The van der Waals surface area contributed by atoms with Gasteiger partial charge in [-0.3, -0.25) is 4.79 Å². The molecular weight excluding hydrogens is 731 g/mol. The molecule has 3 nitrogen and oxygen atoms in total. The molecule has 45 heavy (non-hydrogen) atoms. The Morgan fingerprint density at radius 1 is 0.844 bits per heavy atom. The van der Waals surface area contributed by atoms with Crippen molar-refractivity contribution in [3.8, 4) is 22.4 Å². The molecule has 1 aliphatic rings. The third-order valence-corrected chi connectivity index (χ3v) is 9.45. The molecule has 4 aromatic carbocycles. The first kappa shape index (κ1) is 34.3. The number of aliphatic hydroxyl groups is 1. The fourth-order valence-corrected chi connectivity index (χ4v) is 6.74. The molecule has 235 valence electrons. The van der Waals surface area contributed by atoms with E-state index in [0.29, 0.717) is 0 Å². The summed E-state index contributed by atoms with van der Waals surface area (Å²) in [5.74, 6) is 0.547. The van der Waals surface area contributed by atoms with Crippen LogP contribution in [0.1, 0.15) is 78.4 Å². The predicted molar refractivity (Wildman–Crippen MR) is 185 cm³/mol. The maximum absolute atomic E-state index is 11.7. The number of carbonyl (C=O) groups excluding carboxylic acids is 1. The Kier molecular flexibility index (Phi) is 11.2. The minimum atomic E-state index is -0.140. The number of pyridine rings is 1. The van der Waals surface area contributed by atoms with Gasteiger partial charge >= 0.3 is 0 Å². The van der Waals surface area contributed by atoms with Crippen molar-refractivity contribution in [1.29, 1.82) is 0 Å². The van der Waals surface area contributed by atoms with Gasteiger partial charge in [0.25, 0.3) is 0 Å². The van der Waals surface area contributed by atoms with Crippen molar-refractivity contribution in [3.63, 3.8) is 0 Å². The Morgan fingerprint density at radius 2 is 1.53 bits per heavy atom. The summed E-state index contributed by atoms with van der Waals surface area (Å²) < 4.78 is 0. The summed E-state index contributed by atoms with van der Waals surface area (Å²) in [6, 6.07) is 31.6. The normalized spacial score (nSPS) is 13.3. The number of rotatable bonds is 8. The maximum atomic E-state index is 11.7. The van der Waals surface area contributed by atoms with E-state index in [1.54, 1.807) is 0 Å². The van der Waals surface area contributed by atoms with Crippen LogP contribution in [0.25, 0.3) is 43.9 Å². The average molecular weight is 775 g/mol. The van der Waals surface area contributed by atoms with Crippen molar-refractivity contribution in [3.05, 3.63) is 114 Å². The van der Waals surface area contributed by atoms with E-state index >= 15 is 0 Å². The molecule has 6 rings (SSSR count). The average Bonchev–Trinajstić information content (AvgIpc) is 3.04. The van der Waals surface area contributed by atoms with Crippen molar-refractivity contribution in [2.45, 2.75) is 72.6 Å². The van der Waals surface area contributed by atoms with Crippen LogP contribution in [0.5, 0.6) is 0 Å². The topological polar surface area (TPSA) is 50.2 Å². The van der Waals surface area contributed by atoms with Gasteiger partial charge in [0.05, 0.1) is 5.76 Å². The molecule has 1 heterocycles. The van der Waals surface area contributed by atoms with Gasteiger partial charge in [0.2, 0.25) is 0 Å². The first-order valence-corrected chi connectivity index (χ1v) is 16.1. The monoisotopic (exact) mass is 775 g/mol. The Balaban J connectivity index is 0.000000249. The fourth-order valence-electron chi connectivity index (χ4n) is 6.74. The zero-order chi connectivity index (χ0) is 31.4. The van der Waals surface area contributed by atoms with Gasteiger partial charge in [-0.1, -0.05) is 113 Å². The second kappa shape index (κ2) is 14.7. The van der Waals surface area contributed by atoms with Crippen LogP contribution in [0, 0.1) is 17.9 Å². The number of carbonyl (C=O) groups is 1. The Labute approximate surface area is 282 Å². The van der Waals surface area contributed by atoms with Gasteiger partial charge in [0, 0.05) is 49.6 Å². The molecule has 1 aliphatic carbocycles. The van der Waals surface area contributed by atoms with Crippen LogP contribution in [-0.2, 0) is 30.3 Å². The van der Waals surface area contributed by atoms with Crippen LogP contribution in [-0.4, -0.2) is 15.9 Å². The second-order valence-electron chi connectivity index (χ2n) is 12.4. The van der Waals surface area contributed by atoms with E-state index in [-0.39, 0.29) is 48.9 Å². The van der Waals surface area contributed by atoms with E-state index in [0.717, 1.165) is 36.9 Å². The smallest absolute Gasteiger partial charge is 0.162 e.